The third-order valence-electron chi connectivity index (χ3n) is 4.81. The Morgan fingerprint density at radius 2 is 1.94 bits per heavy atom. The third-order valence-corrected chi connectivity index (χ3v) is 7.32. The number of aliphatic carboxylic acids is 1. The van der Waals surface area contributed by atoms with E-state index in [1.54, 1.807) is 6.92 Å². The summed E-state index contributed by atoms with van der Waals surface area (Å²) in [6.07, 6.45) is 0. The summed E-state index contributed by atoms with van der Waals surface area (Å²) in [4.78, 5) is 11.8. The van der Waals surface area contributed by atoms with Crippen molar-refractivity contribution in [3.05, 3.63) is 52.0 Å². The molecule has 0 aliphatic carbocycles. The van der Waals surface area contributed by atoms with Crippen LogP contribution in [0.4, 0.5) is 0 Å². The van der Waals surface area contributed by atoms with Gasteiger partial charge in [0.1, 0.15) is 34.5 Å². The van der Waals surface area contributed by atoms with Crippen LogP contribution < -0.4 is 9.47 Å². The Hall–Kier alpha value is -2.51. The average Bonchev–Trinajstić information content (AvgIpc) is 2.66. The number of rotatable bonds is 8. The molecular formula is C20H18Cl2N2O6S. The highest BCUT2D eigenvalue weighted by Gasteiger charge is 2.55. The van der Waals surface area contributed by atoms with Crippen molar-refractivity contribution in [2.75, 3.05) is 26.3 Å². The van der Waals surface area contributed by atoms with Crippen molar-refractivity contribution in [1.29, 1.82) is 5.26 Å². The van der Waals surface area contributed by atoms with Crippen molar-refractivity contribution in [2.24, 2.45) is 5.41 Å². The number of carbonyl (C=O) groups is 1. The van der Waals surface area contributed by atoms with E-state index in [1.165, 1.54) is 36.4 Å². The van der Waals surface area contributed by atoms with Gasteiger partial charge in [-0.2, -0.15) is 9.57 Å². The number of hydrogen-bond donors (Lipinski definition) is 1. The topological polar surface area (TPSA) is 117 Å². The fourth-order valence-electron chi connectivity index (χ4n) is 3.09. The summed E-state index contributed by atoms with van der Waals surface area (Å²) in [5.74, 6) is -0.549. The number of nitrogens with zero attached hydrogens (tertiary/aromatic N) is 2. The third kappa shape index (κ3) is 4.57. The molecule has 1 heterocycles. The smallest absolute Gasteiger partial charge is 0.315 e. The Morgan fingerprint density at radius 3 is 2.52 bits per heavy atom. The van der Waals surface area contributed by atoms with Crippen LogP contribution in [-0.4, -0.2) is 50.1 Å². The number of nitriles is 1. The van der Waals surface area contributed by atoms with Crippen LogP contribution in [0.15, 0.2) is 41.3 Å². The maximum Gasteiger partial charge on any atom is 0.315 e. The second-order valence-corrected chi connectivity index (χ2v) is 9.67. The number of sulfonamides is 1. The van der Waals surface area contributed by atoms with E-state index in [0.717, 1.165) is 4.31 Å². The predicted molar refractivity (Wildman–Crippen MR) is 113 cm³/mol. The molecular weight excluding hydrogens is 467 g/mol. The van der Waals surface area contributed by atoms with Gasteiger partial charge < -0.3 is 14.6 Å². The van der Waals surface area contributed by atoms with Crippen molar-refractivity contribution in [2.45, 2.75) is 11.8 Å². The van der Waals surface area contributed by atoms with Crippen molar-refractivity contribution in [3.63, 3.8) is 0 Å². The van der Waals surface area contributed by atoms with Crippen molar-refractivity contribution < 1.29 is 27.8 Å². The monoisotopic (exact) mass is 484 g/mol. The van der Waals surface area contributed by atoms with Gasteiger partial charge in [0.05, 0.1) is 17.2 Å². The predicted octanol–water partition coefficient (Wildman–Crippen LogP) is 3.42. The molecule has 0 amide bonds. The van der Waals surface area contributed by atoms with E-state index in [2.05, 4.69) is 0 Å². The molecule has 31 heavy (non-hydrogen) atoms. The lowest BCUT2D eigenvalue weighted by molar-refractivity contribution is -0.159. The zero-order valence-corrected chi connectivity index (χ0v) is 18.7. The van der Waals surface area contributed by atoms with Crippen LogP contribution in [0.1, 0.15) is 12.5 Å². The van der Waals surface area contributed by atoms with Crippen LogP contribution in [0, 0.1) is 16.7 Å². The highest BCUT2D eigenvalue weighted by atomic mass is 35.5. The molecule has 2 aromatic rings. The number of halogens is 2. The minimum Gasteiger partial charge on any atom is -0.492 e. The zero-order chi connectivity index (χ0) is 22.8. The summed E-state index contributed by atoms with van der Waals surface area (Å²) in [5, 5.41) is 19.1. The van der Waals surface area contributed by atoms with Crippen molar-refractivity contribution in [1.82, 2.24) is 4.31 Å². The summed E-state index contributed by atoms with van der Waals surface area (Å²) >= 11 is 11.8. The normalized spacial score (nSPS) is 15.5. The lowest BCUT2D eigenvalue weighted by atomic mass is 9.83. The Labute approximate surface area is 189 Å². The standard InChI is InChI=1S/C20H18Cl2N2O6S/c1-2-29-17-8-15(5-3-13(17)9-23)30-12-20(19(25)26)10-24(11-20)31(27,28)18-6-4-14(21)7-16(18)22/h3-8H,2,10-12H2,1H3,(H,25,26). The van der Waals surface area contributed by atoms with Gasteiger partial charge in [0.15, 0.2) is 0 Å². The summed E-state index contributed by atoms with van der Waals surface area (Å²) in [7, 11) is -3.99. The number of carboxylic acid groups (broad SMARTS) is 1. The molecule has 1 N–H and O–H groups in total. The number of ether oxygens (including phenoxy) is 2. The highest BCUT2D eigenvalue weighted by Crippen LogP contribution is 2.38. The molecule has 11 heteroatoms. The molecule has 164 valence electrons. The van der Waals surface area contributed by atoms with E-state index >= 15 is 0 Å². The van der Waals surface area contributed by atoms with Gasteiger partial charge in [-0.25, -0.2) is 8.42 Å². The van der Waals surface area contributed by atoms with Crippen LogP contribution in [0.25, 0.3) is 0 Å². The lowest BCUT2D eigenvalue weighted by Crippen LogP contribution is -2.64. The number of carboxylic acids is 1. The molecule has 0 bridgehead atoms. The minimum absolute atomic E-state index is 0.0439. The van der Waals surface area contributed by atoms with Crippen LogP contribution >= 0.6 is 23.2 Å². The van der Waals surface area contributed by atoms with Crippen LogP contribution in [-0.2, 0) is 14.8 Å². The van der Waals surface area contributed by atoms with Crippen LogP contribution in [0.5, 0.6) is 11.5 Å². The molecule has 1 aliphatic heterocycles. The van der Waals surface area contributed by atoms with Gasteiger partial charge in [0, 0.05) is 24.2 Å². The van der Waals surface area contributed by atoms with Gasteiger partial charge in [0.25, 0.3) is 0 Å². The first-order chi connectivity index (χ1) is 14.6. The first-order valence-electron chi connectivity index (χ1n) is 9.11. The molecule has 1 fully saturated rings. The molecule has 0 aromatic heterocycles. The molecule has 1 saturated heterocycles. The van der Waals surface area contributed by atoms with E-state index in [0.29, 0.717) is 23.7 Å². The quantitative estimate of drug-likeness (QED) is 0.609. The van der Waals surface area contributed by atoms with Crippen LogP contribution in [0.2, 0.25) is 10.0 Å². The zero-order valence-electron chi connectivity index (χ0n) is 16.3. The van der Waals surface area contributed by atoms with Gasteiger partial charge in [-0.1, -0.05) is 23.2 Å². The maximum absolute atomic E-state index is 12.8. The molecule has 0 atom stereocenters. The second-order valence-electron chi connectivity index (χ2n) is 6.92. The Kier molecular flexibility index (Phi) is 6.67. The van der Waals surface area contributed by atoms with Gasteiger partial charge in [-0.3, -0.25) is 4.79 Å². The van der Waals surface area contributed by atoms with Gasteiger partial charge in [-0.15, -0.1) is 0 Å². The van der Waals surface area contributed by atoms with E-state index in [9.17, 15) is 18.3 Å². The fourth-order valence-corrected chi connectivity index (χ4v) is 5.45. The first-order valence-corrected chi connectivity index (χ1v) is 11.3. The molecule has 8 nitrogen and oxygen atoms in total. The lowest BCUT2D eigenvalue weighted by Gasteiger charge is -2.45. The number of hydrogen-bond acceptors (Lipinski definition) is 6. The molecule has 3 rings (SSSR count). The highest BCUT2D eigenvalue weighted by molar-refractivity contribution is 7.89. The average molecular weight is 485 g/mol. The van der Waals surface area contributed by atoms with Crippen molar-refractivity contribution in [3.8, 4) is 17.6 Å². The molecule has 2 aromatic carbocycles. The summed E-state index contributed by atoms with van der Waals surface area (Å²) in [6.45, 7) is 1.29. The minimum atomic E-state index is -3.99. The van der Waals surface area contributed by atoms with Gasteiger partial charge in [0.2, 0.25) is 10.0 Å². The summed E-state index contributed by atoms with van der Waals surface area (Å²) < 4.78 is 37.7. The van der Waals surface area contributed by atoms with Crippen LogP contribution in [0.3, 0.4) is 0 Å². The Balaban J connectivity index is 1.75. The molecule has 1 aliphatic rings. The van der Waals surface area contributed by atoms with Gasteiger partial charge >= 0.3 is 5.97 Å². The number of benzene rings is 2. The molecule has 0 radical (unpaired) electrons. The molecule has 0 spiro atoms. The Bertz CT molecular complexity index is 1160. The van der Waals surface area contributed by atoms with E-state index < -0.39 is 21.4 Å². The molecule has 0 saturated carbocycles. The fraction of sp³-hybridized carbons (Fsp3) is 0.300. The SMILES string of the molecule is CCOc1cc(OCC2(C(=O)O)CN(S(=O)(=O)c3ccc(Cl)cc3Cl)C2)ccc1C#N. The van der Waals surface area contributed by atoms with E-state index in [1.807, 2.05) is 6.07 Å². The van der Waals surface area contributed by atoms with E-state index in [4.69, 9.17) is 37.9 Å². The summed E-state index contributed by atoms with van der Waals surface area (Å²) in [6, 6.07) is 10.5. The maximum atomic E-state index is 12.8. The second kappa shape index (κ2) is 8.93. The summed E-state index contributed by atoms with van der Waals surface area (Å²) in [5.41, 5.74) is -1.10. The van der Waals surface area contributed by atoms with Gasteiger partial charge in [-0.05, 0) is 37.3 Å². The van der Waals surface area contributed by atoms with E-state index in [-0.39, 0.29) is 34.6 Å². The molecule has 0 unspecified atom stereocenters. The van der Waals surface area contributed by atoms with Crippen molar-refractivity contribution >= 4 is 39.2 Å². The largest absolute Gasteiger partial charge is 0.492 e. The Morgan fingerprint density at radius 1 is 1.23 bits per heavy atom. The first kappa shape index (κ1) is 23.2.